The molecule has 0 fully saturated rings. The van der Waals surface area contributed by atoms with E-state index in [-0.39, 0.29) is 15.5 Å². The van der Waals surface area contributed by atoms with E-state index in [1.54, 1.807) is 24.5 Å². The van der Waals surface area contributed by atoms with E-state index in [0.29, 0.717) is 5.69 Å². The number of amides is 1. The number of sulfonamides is 1. The maximum absolute atomic E-state index is 12.6. The molecule has 0 saturated heterocycles. The molecule has 0 aliphatic heterocycles. The van der Waals surface area contributed by atoms with Crippen LogP contribution in [0.15, 0.2) is 59.8 Å². The van der Waals surface area contributed by atoms with Gasteiger partial charge in [0.15, 0.2) is 0 Å². The number of carbonyl (C=O) groups excluding carboxylic acids is 1. The van der Waals surface area contributed by atoms with Crippen molar-refractivity contribution in [2.45, 2.75) is 4.90 Å². The summed E-state index contributed by atoms with van der Waals surface area (Å²) >= 11 is 6.10. The van der Waals surface area contributed by atoms with E-state index in [4.69, 9.17) is 11.6 Å². The van der Waals surface area contributed by atoms with E-state index in [2.05, 4.69) is 15.3 Å². The summed E-state index contributed by atoms with van der Waals surface area (Å²) in [6.45, 7) is 0. The molecule has 7 nitrogen and oxygen atoms in total. The standard InChI is InChI=1S/C18H17ClN4O3S/c1-23(2)27(25,26)14-7-8-16(19)15(11-14)18(24)22-13-5-3-12(4-6-13)17-20-9-10-21-17/h3-11H,1-2H3,(H,20,21)(H,22,24). The summed E-state index contributed by atoms with van der Waals surface area (Å²) in [4.78, 5) is 19.7. The molecule has 1 aromatic heterocycles. The van der Waals surface area contributed by atoms with E-state index in [1.807, 2.05) is 12.1 Å². The van der Waals surface area contributed by atoms with Crippen molar-refractivity contribution in [3.8, 4) is 11.4 Å². The number of aromatic amines is 1. The Balaban J connectivity index is 1.84. The first kappa shape index (κ1) is 19.1. The number of carbonyl (C=O) groups is 1. The summed E-state index contributed by atoms with van der Waals surface area (Å²) in [6, 6.07) is 11.1. The molecule has 2 N–H and O–H groups in total. The lowest BCUT2D eigenvalue weighted by Crippen LogP contribution is -2.23. The number of halogens is 1. The topological polar surface area (TPSA) is 95.2 Å². The van der Waals surface area contributed by atoms with Crippen LogP contribution in [-0.2, 0) is 10.0 Å². The van der Waals surface area contributed by atoms with Gasteiger partial charge >= 0.3 is 0 Å². The summed E-state index contributed by atoms with van der Waals surface area (Å²) in [6.07, 6.45) is 3.38. The summed E-state index contributed by atoms with van der Waals surface area (Å²) in [7, 11) is -0.827. The molecule has 0 radical (unpaired) electrons. The quantitative estimate of drug-likeness (QED) is 0.682. The van der Waals surface area contributed by atoms with Crippen LogP contribution in [0.1, 0.15) is 10.4 Å². The van der Waals surface area contributed by atoms with Gasteiger partial charge in [-0.3, -0.25) is 4.79 Å². The minimum absolute atomic E-state index is 0.00443. The smallest absolute Gasteiger partial charge is 0.257 e. The molecule has 9 heteroatoms. The summed E-state index contributed by atoms with van der Waals surface area (Å²) in [5, 5.41) is 2.88. The van der Waals surface area contributed by atoms with E-state index in [1.165, 1.54) is 32.3 Å². The Hall–Kier alpha value is -2.68. The molecule has 0 spiro atoms. The highest BCUT2D eigenvalue weighted by atomic mass is 35.5. The van der Waals surface area contributed by atoms with Gasteiger partial charge in [-0.05, 0) is 42.5 Å². The van der Waals surface area contributed by atoms with Crippen LogP contribution in [0.3, 0.4) is 0 Å². The van der Waals surface area contributed by atoms with Crippen LogP contribution >= 0.6 is 11.6 Å². The number of nitrogens with zero attached hydrogens (tertiary/aromatic N) is 2. The van der Waals surface area contributed by atoms with Gasteiger partial charge in [0.05, 0.1) is 15.5 Å². The van der Waals surface area contributed by atoms with Gasteiger partial charge in [-0.25, -0.2) is 17.7 Å². The predicted octanol–water partition coefficient (Wildman–Crippen LogP) is 3.23. The normalized spacial score (nSPS) is 11.6. The first-order chi connectivity index (χ1) is 12.8. The largest absolute Gasteiger partial charge is 0.345 e. The van der Waals surface area contributed by atoms with Crippen molar-refractivity contribution in [1.82, 2.24) is 14.3 Å². The highest BCUT2D eigenvalue weighted by Crippen LogP contribution is 2.24. The number of aromatic nitrogens is 2. The Morgan fingerprint density at radius 1 is 1.15 bits per heavy atom. The first-order valence-corrected chi connectivity index (χ1v) is 9.74. The fourth-order valence-corrected chi connectivity index (χ4v) is 3.51. The second-order valence-corrected chi connectivity index (χ2v) is 8.46. The van der Waals surface area contributed by atoms with Gasteiger partial charge in [-0.2, -0.15) is 0 Å². The SMILES string of the molecule is CN(C)S(=O)(=O)c1ccc(Cl)c(C(=O)Nc2ccc(-c3ncc[nH]3)cc2)c1. The second-order valence-electron chi connectivity index (χ2n) is 5.90. The zero-order valence-electron chi connectivity index (χ0n) is 14.6. The Labute approximate surface area is 162 Å². The lowest BCUT2D eigenvalue weighted by atomic mass is 10.1. The zero-order chi connectivity index (χ0) is 19.6. The minimum atomic E-state index is -3.67. The van der Waals surface area contributed by atoms with Crippen LogP contribution in [0.5, 0.6) is 0 Å². The molecule has 0 aliphatic rings. The molecule has 0 saturated carbocycles. The average molecular weight is 405 g/mol. The fourth-order valence-electron chi connectivity index (χ4n) is 2.38. The summed E-state index contributed by atoms with van der Waals surface area (Å²) in [5.41, 5.74) is 1.50. The first-order valence-electron chi connectivity index (χ1n) is 7.92. The maximum Gasteiger partial charge on any atom is 0.257 e. The van der Waals surface area contributed by atoms with Crippen molar-refractivity contribution in [1.29, 1.82) is 0 Å². The van der Waals surface area contributed by atoms with Crippen LogP contribution in [0.25, 0.3) is 11.4 Å². The minimum Gasteiger partial charge on any atom is -0.345 e. The van der Waals surface area contributed by atoms with Crippen LogP contribution in [-0.4, -0.2) is 42.7 Å². The van der Waals surface area contributed by atoms with Crippen molar-refractivity contribution < 1.29 is 13.2 Å². The monoisotopic (exact) mass is 404 g/mol. The van der Waals surface area contributed by atoms with Crippen molar-refractivity contribution >= 4 is 33.2 Å². The van der Waals surface area contributed by atoms with Crippen LogP contribution < -0.4 is 5.32 Å². The third-order valence-corrected chi connectivity index (χ3v) is 6.02. The number of hydrogen-bond acceptors (Lipinski definition) is 4. The Morgan fingerprint density at radius 2 is 1.85 bits per heavy atom. The van der Waals surface area contributed by atoms with Crippen LogP contribution in [0.2, 0.25) is 5.02 Å². The van der Waals surface area contributed by atoms with Gasteiger partial charge in [0.25, 0.3) is 5.91 Å². The molecule has 0 atom stereocenters. The Bertz CT molecular complexity index is 1060. The van der Waals surface area contributed by atoms with Crippen LogP contribution in [0.4, 0.5) is 5.69 Å². The van der Waals surface area contributed by atoms with Crippen molar-refractivity contribution in [2.75, 3.05) is 19.4 Å². The number of benzene rings is 2. The number of nitrogens with one attached hydrogen (secondary N) is 2. The zero-order valence-corrected chi connectivity index (χ0v) is 16.2. The van der Waals surface area contributed by atoms with Crippen molar-refractivity contribution in [3.63, 3.8) is 0 Å². The molecule has 1 amide bonds. The van der Waals surface area contributed by atoms with Gasteiger partial charge in [-0.1, -0.05) is 11.6 Å². The molecule has 0 unspecified atom stereocenters. The fraction of sp³-hybridized carbons (Fsp3) is 0.111. The molecule has 140 valence electrons. The molecule has 1 heterocycles. The number of anilines is 1. The van der Waals surface area contributed by atoms with Gasteiger partial charge in [0.1, 0.15) is 5.82 Å². The van der Waals surface area contributed by atoms with Gasteiger partial charge < -0.3 is 10.3 Å². The van der Waals surface area contributed by atoms with Gasteiger partial charge in [-0.15, -0.1) is 0 Å². The van der Waals surface area contributed by atoms with Crippen molar-refractivity contribution in [3.05, 3.63) is 65.4 Å². The molecular weight excluding hydrogens is 388 g/mol. The van der Waals surface area contributed by atoms with E-state index < -0.39 is 15.9 Å². The number of H-pyrrole nitrogens is 1. The lowest BCUT2D eigenvalue weighted by molar-refractivity contribution is 0.102. The lowest BCUT2D eigenvalue weighted by Gasteiger charge is -2.13. The molecular formula is C18H17ClN4O3S. The van der Waals surface area contributed by atoms with Crippen molar-refractivity contribution in [2.24, 2.45) is 0 Å². The van der Waals surface area contributed by atoms with E-state index >= 15 is 0 Å². The maximum atomic E-state index is 12.6. The third kappa shape index (κ3) is 4.02. The Kier molecular flexibility index (Phi) is 5.31. The molecule has 3 aromatic rings. The summed E-state index contributed by atoms with van der Waals surface area (Å²) < 4.78 is 25.6. The highest BCUT2D eigenvalue weighted by molar-refractivity contribution is 7.89. The molecule has 0 aliphatic carbocycles. The predicted molar refractivity (Wildman–Crippen MR) is 104 cm³/mol. The molecule has 3 rings (SSSR count). The average Bonchev–Trinajstić information content (AvgIpc) is 3.17. The molecule has 2 aromatic carbocycles. The van der Waals surface area contributed by atoms with Gasteiger partial charge in [0, 0.05) is 37.7 Å². The van der Waals surface area contributed by atoms with E-state index in [0.717, 1.165) is 15.7 Å². The summed E-state index contributed by atoms with van der Waals surface area (Å²) in [5.74, 6) is 0.221. The third-order valence-electron chi connectivity index (χ3n) is 3.88. The number of rotatable bonds is 5. The second kappa shape index (κ2) is 7.51. The number of hydrogen-bond donors (Lipinski definition) is 2. The number of imidazole rings is 1. The highest BCUT2D eigenvalue weighted by Gasteiger charge is 2.21. The molecule has 0 bridgehead atoms. The van der Waals surface area contributed by atoms with Gasteiger partial charge in [0.2, 0.25) is 10.0 Å². The molecule has 27 heavy (non-hydrogen) atoms. The van der Waals surface area contributed by atoms with E-state index in [9.17, 15) is 13.2 Å². The van der Waals surface area contributed by atoms with Crippen LogP contribution in [0, 0.1) is 0 Å². The Morgan fingerprint density at radius 3 is 2.44 bits per heavy atom.